The van der Waals surface area contributed by atoms with Gasteiger partial charge in [0, 0.05) is 25.9 Å². The van der Waals surface area contributed by atoms with E-state index in [1.165, 1.54) is 0 Å². The summed E-state index contributed by atoms with van der Waals surface area (Å²) in [6.45, 7) is 1.85. The number of benzene rings is 1. The van der Waals surface area contributed by atoms with Gasteiger partial charge in [-0.2, -0.15) is 0 Å². The summed E-state index contributed by atoms with van der Waals surface area (Å²) < 4.78 is 51.4. The number of amides is 2. The number of rotatable bonds is 3. The average molecular weight is 384 g/mol. The topological polar surface area (TPSA) is 67.9 Å². The molecule has 2 aliphatic heterocycles. The highest BCUT2D eigenvalue weighted by atomic mass is 19.2. The van der Waals surface area contributed by atoms with E-state index in [1.807, 2.05) is 0 Å². The molecule has 2 heterocycles. The van der Waals surface area contributed by atoms with Crippen LogP contribution in [0.1, 0.15) is 25.7 Å². The monoisotopic (exact) mass is 384 g/mol. The minimum Gasteiger partial charge on any atom is -0.347 e. The molecule has 2 amide bonds. The molecular formula is C18H19F3N2O4. The first-order valence-corrected chi connectivity index (χ1v) is 8.89. The standard InChI is InChI=1S/C18H19F3N2O4/c19-11-1-2-12(14(21)13(11)20)22-15(24)17(3-4-17)16(25)23-7-5-18(6-8-23)26-9-10-27-18/h1-2H,3-10H2,(H,22,24). The number of piperidine rings is 1. The van der Waals surface area contributed by atoms with Gasteiger partial charge in [-0.05, 0) is 25.0 Å². The Kier molecular flexibility index (Phi) is 4.38. The lowest BCUT2D eigenvalue weighted by molar-refractivity contribution is -0.188. The second-order valence-corrected chi connectivity index (χ2v) is 7.16. The lowest BCUT2D eigenvalue weighted by Gasteiger charge is -2.38. The number of hydrogen-bond donors (Lipinski definition) is 1. The molecule has 146 valence electrons. The molecule has 27 heavy (non-hydrogen) atoms. The Morgan fingerprint density at radius 2 is 1.59 bits per heavy atom. The summed E-state index contributed by atoms with van der Waals surface area (Å²) >= 11 is 0. The fraction of sp³-hybridized carbons (Fsp3) is 0.556. The molecule has 0 aromatic heterocycles. The van der Waals surface area contributed by atoms with Gasteiger partial charge in [0.25, 0.3) is 0 Å². The molecule has 0 bridgehead atoms. The zero-order valence-corrected chi connectivity index (χ0v) is 14.5. The number of hydrogen-bond acceptors (Lipinski definition) is 4. The first-order valence-electron chi connectivity index (χ1n) is 8.89. The molecule has 3 aliphatic rings. The van der Waals surface area contributed by atoms with Crippen molar-refractivity contribution in [2.75, 3.05) is 31.6 Å². The van der Waals surface area contributed by atoms with Gasteiger partial charge in [-0.1, -0.05) is 0 Å². The zero-order valence-electron chi connectivity index (χ0n) is 14.5. The van der Waals surface area contributed by atoms with Gasteiger partial charge in [0.05, 0.1) is 18.9 Å². The fourth-order valence-electron chi connectivity index (χ4n) is 3.67. The van der Waals surface area contributed by atoms with E-state index < -0.39 is 40.2 Å². The van der Waals surface area contributed by atoms with Gasteiger partial charge in [0.1, 0.15) is 5.41 Å². The summed E-state index contributed by atoms with van der Waals surface area (Å²) in [5.41, 5.74) is -1.76. The second-order valence-electron chi connectivity index (χ2n) is 7.16. The van der Waals surface area contributed by atoms with Crippen molar-refractivity contribution in [3.05, 3.63) is 29.6 Å². The molecule has 1 aliphatic carbocycles. The smallest absolute Gasteiger partial charge is 0.240 e. The number of ether oxygens (including phenoxy) is 2. The van der Waals surface area contributed by atoms with E-state index >= 15 is 0 Å². The van der Waals surface area contributed by atoms with Gasteiger partial charge >= 0.3 is 0 Å². The number of carbonyl (C=O) groups is 2. The highest BCUT2D eigenvalue weighted by molar-refractivity contribution is 6.13. The maximum Gasteiger partial charge on any atom is 0.240 e. The maximum absolute atomic E-state index is 13.8. The molecule has 1 spiro atoms. The van der Waals surface area contributed by atoms with Crippen LogP contribution in [0.4, 0.5) is 18.9 Å². The third-order valence-electron chi connectivity index (χ3n) is 5.50. The lowest BCUT2D eigenvalue weighted by Crippen LogP contribution is -2.51. The summed E-state index contributed by atoms with van der Waals surface area (Å²) in [5.74, 6) is -6.17. The van der Waals surface area contributed by atoms with Crippen LogP contribution in [0.3, 0.4) is 0 Å². The number of likely N-dealkylation sites (tertiary alicyclic amines) is 1. The van der Waals surface area contributed by atoms with Crippen LogP contribution < -0.4 is 5.32 Å². The molecule has 2 saturated heterocycles. The molecular weight excluding hydrogens is 365 g/mol. The van der Waals surface area contributed by atoms with E-state index in [1.54, 1.807) is 4.90 Å². The van der Waals surface area contributed by atoms with Crippen molar-refractivity contribution in [3.63, 3.8) is 0 Å². The van der Waals surface area contributed by atoms with Crippen molar-refractivity contribution >= 4 is 17.5 Å². The lowest BCUT2D eigenvalue weighted by atomic mass is 9.98. The van der Waals surface area contributed by atoms with Gasteiger partial charge < -0.3 is 19.7 Å². The SMILES string of the molecule is O=C(Nc1ccc(F)c(F)c1F)C1(C(=O)N2CCC3(CC2)OCCO3)CC1. The van der Waals surface area contributed by atoms with Crippen LogP contribution in [0.25, 0.3) is 0 Å². The normalized spacial score (nSPS) is 22.7. The van der Waals surface area contributed by atoms with E-state index in [0.29, 0.717) is 52.0 Å². The molecule has 1 N–H and O–H groups in total. The molecule has 9 heteroatoms. The Labute approximate surface area is 153 Å². The minimum absolute atomic E-state index is 0.331. The van der Waals surface area contributed by atoms with Crippen molar-refractivity contribution in [2.24, 2.45) is 5.41 Å². The predicted molar refractivity (Wildman–Crippen MR) is 87.1 cm³/mol. The first-order chi connectivity index (χ1) is 12.9. The Balaban J connectivity index is 1.43. The van der Waals surface area contributed by atoms with Gasteiger partial charge in [-0.3, -0.25) is 9.59 Å². The van der Waals surface area contributed by atoms with Crippen LogP contribution in [-0.2, 0) is 19.1 Å². The van der Waals surface area contributed by atoms with Crippen LogP contribution in [0, 0.1) is 22.9 Å². The third-order valence-corrected chi connectivity index (χ3v) is 5.50. The van der Waals surface area contributed by atoms with Crippen LogP contribution in [0.2, 0.25) is 0 Å². The molecule has 3 fully saturated rings. The predicted octanol–water partition coefficient (Wildman–Crippen LogP) is 2.19. The zero-order chi connectivity index (χ0) is 19.2. The number of carbonyl (C=O) groups excluding carboxylic acids is 2. The average Bonchev–Trinajstić information content (AvgIpc) is 3.37. The van der Waals surface area contributed by atoms with E-state index in [0.717, 1.165) is 12.1 Å². The van der Waals surface area contributed by atoms with E-state index in [9.17, 15) is 22.8 Å². The van der Waals surface area contributed by atoms with Gasteiger partial charge in [0.2, 0.25) is 11.8 Å². The van der Waals surface area contributed by atoms with Crippen LogP contribution >= 0.6 is 0 Å². The molecule has 4 rings (SSSR count). The molecule has 6 nitrogen and oxygen atoms in total. The van der Waals surface area contributed by atoms with E-state index in [-0.39, 0.29) is 5.91 Å². The molecule has 1 aromatic rings. The number of nitrogens with one attached hydrogen (secondary N) is 1. The van der Waals surface area contributed by atoms with Gasteiger partial charge in [-0.15, -0.1) is 0 Å². The Bertz CT molecular complexity index is 781. The van der Waals surface area contributed by atoms with Crippen molar-refractivity contribution < 1.29 is 32.2 Å². The summed E-state index contributed by atoms with van der Waals surface area (Å²) in [6, 6.07) is 1.66. The Morgan fingerprint density at radius 3 is 2.19 bits per heavy atom. The van der Waals surface area contributed by atoms with Crippen molar-refractivity contribution in [1.82, 2.24) is 4.90 Å². The summed E-state index contributed by atoms with van der Waals surface area (Å²) in [4.78, 5) is 27.1. The summed E-state index contributed by atoms with van der Waals surface area (Å²) in [6.07, 6.45) is 1.71. The molecule has 0 radical (unpaired) electrons. The molecule has 0 unspecified atom stereocenters. The van der Waals surface area contributed by atoms with Gasteiger partial charge in [-0.25, -0.2) is 13.2 Å². The van der Waals surface area contributed by atoms with E-state index in [2.05, 4.69) is 5.32 Å². The fourth-order valence-corrected chi connectivity index (χ4v) is 3.67. The highest BCUT2D eigenvalue weighted by Gasteiger charge is 2.59. The van der Waals surface area contributed by atoms with Crippen molar-refractivity contribution in [3.8, 4) is 0 Å². The van der Waals surface area contributed by atoms with Crippen molar-refractivity contribution in [2.45, 2.75) is 31.5 Å². The van der Waals surface area contributed by atoms with Crippen LogP contribution in [0.15, 0.2) is 12.1 Å². The molecule has 1 aromatic carbocycles. The maximum atomic E-state index is 13.8. The van der Waals surface area contributed by atoms with Crippen LogP contribution in [-0.4, -0.2) is 48.8 Å². The minimum atomic E-state index is -1.66. The van der Waals surface area contributed by atoms with Crippen LogP contribution in [0.5, 0.6) is 0 Å². The van der Waals surface area contributed by atoms with E-state index in [4.69, 9.17) is 9.47 Å². The highest BCUT2D eigenvalue weighted by Crippen LogP contribution is 2.49. The first kappa shape index (κ1) is 18.2. The Morgan fingerprint density at radius 1 is 0.963 bits per heavy atom. The third kappa shape index (κ3) is 3.08. The number of anilines is 1. The quantitative estimate of drug-likeness (QED) is 0.641. The largest absolute Gasteiger partial charge is 0.347 e. The molecule has 0 atom stereocenters. The molecule has 1 saturated carbocycles. The Hall–Kier alpha value is -2.13. The number of nitrogens with zero attached hydrogens (tertiary/aromatic N) is 1. The number of halogens is 3. The second kappa shape index (κ2) is 6.49. The van der Waals surface area contributed by atoms with Gasteiger partial charge in [0.15, 0.2) is 23.2 Å². The van der Waals surface area contributed by atoms with Crippen molar-refractivity contribution in [1.29, 1.82) is 0 Å². The summed E-state index contributed by atoms with van der Waals surface area (Å²) in [7, 11) is 0. The summed E-state index contributed by atoms with van der Waals surface area (Å²) in [5, 5.41) is 2.23.